The highest BCUT2D eigenvalue weighted by Crippen LogP contribution is 2.27. The second-order valence-electron chi connectivity index (χ2n) is 7.95. The van der Waals surface area contributed by atoms with Crippen molar-refractivity contribution in [2.75, 3.05) is 31.1 Å². The molecule has 3 heterocycles. The summed E-state index contributed by atoms with van der Waals surface area (Å²) in [6.07, 6.45) is 4.49. The highest BCUT2D eigenvalue weighted by molar-refractivity contribution is 6.07. The molecule has 2 aromatic carbocycles. The Hall–Kier alpha value is -3.80. The standard InChI is InChI=1S/C26H25N5O/c1-2-19-8-10-20(11-9-19)24-18-22(21-6-3-4-7-23(21)29-24)25(32)30-14-16-31(17-15-30)26-27-12-5-13-28-26/h3-13,18H,2,14-17H2,1H3. The van der Waals surface area contributed by atoms with Crippen molar-refractivity contribution in [1.29, 1.82) is 0 Å². The fourth-order valence-electron chi connectivity index (χ4n) is 4.15. The van der Waals surface area contributed by atoms with Crippen LogP contribution in [-0.2, 0) is 6.42 Å². The lowest BCUT2D eigenvalue weighted by Crippen LogP contribution is -2.49. The normalized spacial score (nSPS) is 14.0. The molecule has 0 aliphatic carbocycles. The molecule has 0 N–H and O–H groups in total. The number of para-hydroxylation sites is 1. The number of aromatic nitrogens is 3. The molecule has 0 saturated carbocycles. The molecule has 1 fully saturated rings. The summed E-state index contributed by atoms with van der Waals surface area (Å²) in [5.74, 6) is 0.760. The van der Waals surface area contributed by atoms with Crippen molar-refractivity contribution < 1.29 is 4.79 Å². The van der Waals surface area contributed by atoms with Gasteiger partial charge in [0.05, 0.1) is 16.8 Å². The summed E-state index contributed by atoms with van der Waals surface area (Å²) in [5, 5.41) is 0.889. The largest absolute Gasteiger partial charge is 0.337 e. The summed E-state index contributed by atoms with van der Waals surface area (Å²) in [5.41, 5.74) is 4.67. The number of pyridine rings is 1. The molecule has 0 atom stereocenters. The fourth-order valence-corrected chi connectivity index (χ4v) is 4.15. The molecular formula is C26H25N5O. The topological polar surface area (TPSA) is 62.2 Å². The molecule has 1 aliphatic rings. The van der Waals surface area contributed by atoms with Gasteiger partial charge in [-0.1, -0.05) is 49.4 Å². The molecule has 1 saturated heterocycles. The molecule has 160 valence electrons. The highest BCUT2D eigenvalue weighted by Gasteiger charge is 2.25. The van der Waals surface area contributed by atoms with Crippen molar-refractivity contribution in [1.82, 2.24) is 19.9 Å². The van der Waals surface area contributed by atoms with E-state index in [0.717, 1.165) is 28.6 Å². The molecule has 32 heavy (non-hydrogen) atoms. The Balaban J connectivity index is 1.44. The van der Waals surface area contributed by atoms with E-state index in [1.807, 2.05) is 41.3 Å². The minimum absolute atomic E-state index is 0.0451. The molecular weight excluding hydrogens is 398 g/mol. The van der Waals surface area contributed by atoms with Crippen LogP contribution >= 0.6 is 0 Å². The number of anilines is 1. The average Bonchev–Trinajstić information content (AvgIpc) is 2.88. The third kappa shape index (κ3) is 3.91. The van der Waals surface area contributed by atoms with Crippen LogP contribution in [0.25, 0.3) is 22.2 Å². The number of fused-ring (bicyclic) bond motifs is 1. The van der Waals surface area contributed by atoms with Gasteiger partial charge in [0.25, 0.3) is 5.91 Å². The van der Waals surface area contributed by atoms with Gasteiger partial charge in [0.1, 0.15) is 0 Å². The van der Waals surface area contributed by atoms with Crippen LogP contribution in [0, 0.1) is 0 Å². The average molecular weight is 424 g/mol. The number of hydrogen-bond acceptors (Lipinski definition) is 5. The molecule has 6 heteroatoms. The van der Waals surface area contributed by atoms with Crippen molar-refractivity contribution in [3.8, 4) is 11.3 Å². The SMILES string of the molecule is CCc1ccc(-c2cc(C(=O)N3CCN(c4ncccn4)CC3)c3ccccc3n2)cc1. The van der Waals surface area contributed by atoms with Crippen LogP contribution in [0.4, 0.5) is 5.95 Å². The van der Waals surface area contributed by atoms with E-state index in [0.29, 0.717) is 37.7 Å². The predicted octanol–water partition coefficient (Wildman–Crippen LogP) is 4.22. The molecule has 1 aliphatic heterocycles. The molecule has 4 aromatic rings. The molecule has 1 amide bonds. The lowest BCUT2D eigenvalue weighted by molar-refractivity contribution is 0.0748. The predicted molar refractivity (Wildman–Crippen MR) is 127 cm³/mol. The van der Waals surface area contributed by atoms with Crippen LogP contribution in [0.5, 0.6) is 0 Å². The summed E-state index contributed by atoms with van der Waals surface area (Å²) in [4.78, 5) is 31.1. The van der Waals surface area contributed by atoms with Crippen molar-refractivity contribution in [2.24, 2.45) is 0 Å². The number of benzene rings is 2. The van der Waals surface area contributed by atoms with E-state index in [4.69, 9.17) is 4.98 Å². The van der Waals surface area contributed by atoms with Crippen molar-refractivity contribution in [3.05, 3.63) is 84.2 Å². The van der Waals surface area contributed by atoms with E-state index in [-0.39, 0.29) is 5.91 Å². The lowest BCUT2D eigenvalue weighted by Gasteiger charge is -2.34. The van der Waals surface area contributed by atoms with E-state index in [1.165, 1.54) is 5.56 Å². The molecule has 2 aromatic heterocycles. The molecule has 0 bridgehead atoms. The van der Waals surface area contributed by atoms with E-state index < -0.39 is 0 Å². The van der Waals surface area contributed by atoms with Gasteiger partial charge in [-0.05, 0) is 30.2 Å². The van der Waals surface area contributed by atoms with Gasteiger partial charge in [-0.15, -0.1) is 0 Å². The highest BCUT2D eigenvalue weighted by atomic mass is 16.2. The maximum atomic E-state index is 13.6. The number of carbonyl (C=O) groups excluding carboxylic acids is 1. The van der Waals surface area contributed by atoms with Crippen molar-refractivity contribution in [3.63, 3.8) is 0 Å². The third-order valence-electron chi connectivity index (χ3n) is 6.01. The van der Waals surface area contributed by atoms with Gasteiger partial charge in [-0.3, -0.25) is 4.79 Å². The van der Waals surface area contributed by atoms with Crippen molar-refractivity contribution in [2.45, 2.75) is 13.3 Å². The summed E-state index contributed by atoms with van der Waals surface area (Å²) in [6.45, 7) is 4.83. The number of aryl methyl sites for hydroxylation is 1. The Morgan fingerprint density at radius 3 is 2.34 bits per heavy atom. The van der Waals surface area contributed by atoms with E-state index >= 15 is 0 Å². The van der Waals surface area contributed by atoms with Gasteiger partial charge >= 0.3 is 0 Å². The minimum Gasteiger partial charge on any atom is -0.337 e. The van der Waals surface area contributed by atoms with Gasteiger partial charge in [0.2, 0.25) is 5.95 Å². The summed E-state index contributed by atoms with van der Waals surface area (Å²) < 4.78 is 0. The van der Waals surface area contributed by atoms with E-state index in [2.05, 4.69) is 46.1 Å². The zero-order chi connectivity index (χ0) is 21.9. The molecule has 5 rings (SSSR count). The molecule has 0 spiro atoms. The third-order valence-corrected chi connectivity index (χ3v) is 6.01. The smallest absolute Gasteiger partial charge is 0.254 e. The second kappa shape index (κ2) is 8.75. The van der Waals surface area contributed by atoms with E-state index in [1.54, 1.807) is 12.4 Å². The minimum atomic E-state index is 0.0451. The Labute approximate surface area is 187 Å². The van der Waals surface area contributed by atoms with Crippen LogP contribution in [0.3, 0.4) is 0 Å². The number of piperazine rings is 1. The van der Waals surface area contributed by atoms with E-state index in [9.17, 15) is 4.79 Å². The van der Waals surface area contributed by atoms with Gasteiger partial charge in [0, 0.05) is 49.5 Å². The lowest BCUT2D eigenvalue weighted by atomic mass is 10.0. The Bertz CT molecular complexity index is 1230. The first kappa shape index (κ1) is 20.1. The van der Waals surface area contributed by atoms with Gasteiger partial charge in [-0.2, -0.15) is 0 Å². The van der Waals surface area contributed by atoms with Crippen LogP contribution in [0.1, 0.15) is 22.8 Å². The molecule has 0 unspecified atom stereocenters. The zero-order valence-corrected chi connectivity index (χ0v) is 18.1. The van der Waals surface area contributed by atoms with Crippen LogP contribution in [-0.4, -0.2) is 51.9 Å². The fraction of sp³-hybridized carbons (Fsp3) is 0.231. The molecule has 0 radical (unpaired) electrons. The van der Waals surface area contributed by atoms with Crippen molar-refractivity contribution >= 4 is 22.8 Å². The Kier molecular flexibility index (Phi) is 5.50. The number of hydrogen-bond donors (Lipinski definition) is 0. The monoisotopic (exact) mass is 423 g/mol. The number of rotatable bonds is 4. The van der Waals surface area contributed by atoms with Gasteiger partial charge in [-0.25, -0.2) is 15.0 Å². The zero-order valence-electron chi connectivity index (χ0n) is 18.1. The maximum absolute atomic E-state index is 13.6. The number of nitrogens with zero attached hydrogens (tertiary/aromatic N) is 5. The number of amides is 1. The summed E-state index contributed by atoms with van der Waals surface area (Å²) in [7, 11) is 0. The van der Waals surface area contributed by atoms with Gasteiger partial charge in [0.15, 0.2) is 0 Å². The Morgan fingerprint density at radius 2 is 1.62 bits per heavy atom. The first-order valence-corrected chi connectivity index (χ1v) is 11.0. The molecule has 6 nitrogen and oxygen atoms in total. The summed E-state index contributed by atoms with van der Waals surface area (Å²) in [6, 6.07) is 20.0. The van der Waals surface area contributed by atoms with Crippen LogP contribution < -0.4 is 4.90 Å². The first-order chi connectivity index (χ1) is 15.7. The first-order valence-electron chi connectivity index (χ1n) is 11.0. The van der Waals surface area contributed by atoms with Crippen LogP contribution in [0.2, 0.25) is 0 Å². The summed E-state index contributed by atoms with van der Waals surface area (Å²) >= 11 is 0. The number of carbonyl (C=O) groups is 1. The van der Waals surface area contributed by atoms with Crippen LogP contribution in [0.15, 0.2) is 73.1 Å². The maximum Gasteiger partial charge on any atom is 0.254 e. The van der Waals surface area contributed by atoms with Gasteiger partial charge < -0.3 is 9.80 Å². The Morgan fingerprint density at radius 1 is 0.906 bits per heavy atom. The quantitative estimate of drug-likeness (QED) is 0.492. The second-order valence-corrected chi connectivity index (χ2v) is 7.95.